The molecular weight excluding hydrogens is 311 g/mol. The van der Waals surface area contributed by atoms with Gasteiger partial charge in [-0.1, -0.05) is 0 Å². The molecule has 128 valence electrons. The van der Waals surface area contributed by atoms with Gasteiger partial charge in [0, 0.05) is 29.6 Å². The highest BCUT2D eigenvalue weighted by molar-refractivity contribution is 5.92. The first-order valence-electron chi connectivity index (χ1n) is 7.36. The number of nitrogens with one attached hydrogen (secondary N) is 3. The van der Waals surface area contributed by atoms with Crippen molar-refractivity contribution in [3.05, 3.63) is 42.2 Å². The van der Waals surface area contributed by atoms with E-state index in [0.29, 0.717) is 35.0 Å². The van der Waals surface area contributed by atoms with Crippen LogP contribution in [0.3, 0.4) is 0 Å². The number of nitrogen functional groups attached to an aromatic ring is 1. The fraction of sp³-hybridized carbons (Fsp3) is 0.188. The van der Waals surface area contributed by atoms with E-state index in [1.165, 1.54) is 12.1 Å². The van der Waals surface area contributed by atoms with Gasteiger partial charge in [0.05, 0.1) is 11.4 Å². The Hall–Kier alpha value is -3.00. The van der Waals surface area contributed by atoms with Gasteiger partial charge in [0.25, 0.3) is 0 Å². The first kappa shape index (κ1) is 17.4. The number of anilines is 5. The van der Waals surface area contributed by atoms with Crippen LogP contribution in [0.2, 0.25) is 0 Å². The van der Waals surface area contributed by atoms with Crippen LogP contribution in [0.4, 0.5) is 37.6 Å². The van der Waals surface area contributed by atoms with Crippen LogP contribution in [0.1, 0.15) is 6.92 Å². The molecule has 0 radical (unpaired) electrons. The van der Waals surface area contributed by atoms with Crippen molar-refractivity contribution < 1.29 is 9.18 Å². The Morgan fingerprint density at radius 3 is 2.54 bits per heavy atom. The van der Waals surface area contributed by atoms with Crippen molar-refractivity contribution in [2.75, 3.05) is 28.2 Å². The molecule has 0 fully saturated rings. The zero-order valence-electron chi connectivity index (χ0n) is 13.3. The predicted octanol–water partition coefficient (Wildman–Crippen LogP) is 2.40. The third kappa shape index (κ3) is 5.03. The number of nitrogens with two attached hydrogens (primary N) is 3. The van der Waals surface area contributed by atoms with E-state index >= 15 is 0 Å². The summed E-state index contributed by atoms with van der Waals surface area (Å²) < 4.78 is 13.8. The summed E-state index contributed by atoms with van der Waals surface area (Å²) in [6.07, 6.45) is 0. The molecule has 1 atom stereocenters. The van der Waals surface area contributed by atoms with Crippen LogP contribution in [0, 0.1) is 5.82 Å². The Balaban J connectivity index is 2.19. The summed E-state index contributed by atoms with van der Waals surface area (Å²) in [6.45, 7) is 2.38. The highest BCUT2D eigenvalue weighted by atomic mass is 19.1. The van der Waals surface area contributed by atoms with Gasteiger partial charge in [0.1, 0.15) is 5.82 Å². The first-order valence-corrected chi connectivity index (χ1v) is 7.36. The predicted molar refractivity (Wildman–Crippen MR) is 95.9 cm³/mol. The summed E-state index contributed by atoms with van der Waals surface area (Å²) in [6, 6.07) is 8.66. The molecule has 0 aromatic heterocycles. The highest BCUT2D eigenvalue weighted by Crippen LogP contribution is 2.27. The van der Waals surface area contributed by atoms with Gasteiger partial charge in [-0.15, -0.1) is 0 Å². The molecule has 7 nitrogen and oxygen atoms in total. The van der Waals surface area contributed by atoms with Crippen molar-refractivity contribution in [1.29, 1.82) is 0 Å². The number of amides is 2. The van der Waals surface area contributed by atoms with Crippen molar-refractivity contribution >= 4 is 34.5 Å². The monoisotopic (exact) mass is 332 g/mol. The van der Waals surface area contributed by atoms with Crippen LogP contribution in [0.15, 0.2) is 36.4 Å². The molecule has 0 aliphatic rings. The number of hydrogen-bond donors (Lipinski definition) is 6. The van der Waals surface area contributed by atoms with E-state index in [1.807, 2.05) is 6.92 Å². The molecule has 1 unspecified atom stereocenters. The quantitative estimate of drug-likeness (QED) is 0.452. The molecular formula is C16H21FN6O. The number of primary amides is 1. The van der Waals surface area contributed by atoms with E-state index in [2.05, 4.69) is 16.0 Å². The second kappa shape index (κ2) is 7.51. The summed E-state index contributed by atoms with van der Waals surface area (Å²) in [5.74, 6) is -0.391. The third-order valence-electron chi connectivity index (χ3n) is 3.13. The SMILES string of the molecule is CC(N)CNc1cc(F)cc(Nc2ccc(N)c(NC(N)=O)c2)c1. The molecule has 8 heteroatoms. The lowest BCUT2D eigenvalue weighted by molar-refractivity contribution is 0.259. The Kier molecular flexibility index (Phi) is 5.43. The number of benzene rings is 2. The molecule has 2 rings (SSSR count). The Morgan fingerprint density at radius 1 is 1.17 bits per heavy atom. The van der Waals surface area contributed by atoms with E-state index < -0.39 is 11.8 Å². The van der Waals surface area contributed by atoms with Gasteiger partial charge < -0.3 is 33.2 Å². The second-order valence-electron chi connectivity index (χ2n) is 5.50. The molecule has 2 aromatic carbocycles. The van der Waals surface area contributed by atoms with Crippen molar-refractivity contribution in [3.63, 3.8) is 0 Å². The van der Waals surface area contributed by atoms with Gasteiger partial charge >= 0.3 is 6.03 Å². The van der Waals surface area contributed by atoms with Crippen LogP contribution in [-0.4, -0.2) is 18.6 Å². The fourth-order valence-corrected chi connectivity index (χ4v) is 2.08. The fourth-order valence-electron chi connectivity index (χ4n) is 2.08. The van der Waals surface area contributed by atoms with Crippen LogP contribution in [0.5, 0.6) is 0 Å². The minimum Gasteiger partial charge on any atom is -0.397 e. The minimum absolute atomic E-state index is 0.0517. The van der Waals surface area contributed by atoms with E-state index in [4.69, 9.17) is 17.2 Å². The number of carbonyl (C=O) groups excluding carboxylic acids is 1. The maximum Gasteiger partial charge on any atom is 0.316 e. The summed E-state index contributed by atoms with van der Waals surface area (Å²) in [5, 5.41) is 8.54. The number of halogens is 1. The maximum absolute atomic E-state index is 13.8. The normalized spacial score (nSPS) is 11.6. The van der Waals surface area contributed by atoms with Crippen LogP contribution >= 0.6 is 0 Å². The van der Waals surface area contributed by atoms with E-state index in [1.54, 1.807) is 24.3 Å². The van der Waals surface area contributed by atoms with Gasteiger partial charge in [-0.3, -0.25) is 0 Å². The molecule has 0 heterocycles. The molecule has 0 saturated heterocycles. The molecule has 2 amide bonds. The zero-order chi connectivity index (χ0) is 17.7. The van der Waals surface area contributed by atoms with Gasteiger partial charge in [0.15, 0.2) is 0 Å². The van der Waals surface area contributed by atoms with Gasteiger partial charge in [0.2, 0.25) is 0 Å². The Labute approximate surface area is 139 Å². The topological polar surface area (TPSA) is 131 Å². The Bertz CT molecular complexity index is 735. The average Bonchev–Trinajstić information content (AvgIpc) is 2.47. The lowest BCUT2D eigenvalue weighted by Crippen LogP contribution is -2.25. The minimum atomic E-state index is -0.716. The molecule has 0 spiro atoms. The maximum atomic E-state index is 13.8. The number of rotatable bonds is 6. The molecule has 0 aliphatic heterocycles. The van der Waals surface area contributed by atoms with Crippen molar-refractivity contribution in [2.24, 2.45) is 11.5 Å². The lowest BCUT2D eigenvalue weighted by atomic mass is 10.2. The highest BCUT2D eigenvalue weighted by Gasteiger charge is 2.06. The number of carbonyl (C=O) groups is 1. The molecule has 0 saturated carbocycles. The summed E-state index contributed by atoms with van der Waals surface area (Å²) in [4.78, 5) is 11.0. The largest absolute Gasteiger partial charge is 0.397 e. The first-order chi connectivity index (χ1) is 11.3. The van der Waals surface area contributed by atoms with Gasteiger partial charge in [-0.05, 0) is 43.3 Å². The van der Waals surface area contributed by atoms with E-state index in [0.717, 1.165) is 0 Å². The van der Waals surface area contributed by atoms with Crippen LogP contribution in [-0.2, 0) is 0 Å². The number of urea groups is 1. The molecule has 2 aromatic rings. The molecule has 9 N–H and O–H groups in total. The van der Waals surface area contributed by atoms with E-state index in [-0.39, 0.29) is 6.04 Å². The van der Waals surface area contributed by atoms with Gasteiger partial charge in [-0.25, -0.2) is 9.18 Å². The third-order valence-corrected chi connectivity index (χ3v) is 3.13. The zero-order valence-corrected chi connectivity index (χ0v) is 13.3. The van der Waals surface area contributed by atoms with Crippen LogP contribution in [0.25, 0.3) is 0 Å². The summed E-state index contributed by atoms with van der Waals surface area (Å²) in [5.41, 5.74) is 19.1. The van der Waals surface area contributed by atoms with Crippen molar-refractivity contribution in [2.45, 2.75) is 13.0 Å². The Morgan fingerprint density at radius 2 is 1.88 bits per heavy atom. The van der Waals surface area contributed by atoms with Gasteiger partial charge in [-0.2, -0.15) is 0 Å². The second-order valence-corrected chi connectivity index (χ2v) is 5.50. The number of hydrogen-bond acceptors (Lipinski definition) is 5. The molecule has 24 heavy (non-hydrogen) atoms. The summed E-state index contributed by atoms with van der Waals surface area (Å²) >= 11 is 0. The average molecular weight is 332 g/mol. The standard InChI is InChI=1S/C16H21FN6O/c1-9(18)8-21-12-4-10(17)5-13(6-12)22-11-2-3-14(19)15(7-11)23-16(20)24/h2-7,9,21-22H,8,18-19H2,1H3,(H3,20,23,24). The summed E-state index contributed by atoms with van der Waals surface area (Å²) in [7, 11) is 0. The van der Waals surface area contributed by atoms with Crippen molar-refractivity contribution in [1.82, 2.24) is 0 Å². The smallest absolute Gasteiger partial charge is 0.316 e. The van der Waals surface area contributed by atoms with E-state index in [9.17, 15) is 9.18 Å². The van der Waals surface area contributed by atoms with Crippen molar-refractivity contribution in [3.8, 4) is 0 Å². The lowest BCUT2D eigenvalue weighted by Gasteiger charge is -2.14. The molecule has 0 aliphatic carbocycles. The molecule has 0 bridgehead atoms. The van der Waals surface area contributed by atoms with Crippen LogP contribution < -0.4 is 33.2 Å².